The minimum Gasteiger partial charge on any atom is -0.423 e. The number of hydrogen-bond acceptors (Lipinski definition) is 3. The largest absolute Gasteiger partial charge is 0.423 e. The molecule has 0 fully saturated rings. The van der Waals surface area contributed by atoms with Crippen molar-refractivity contribution in [3.8, 4) is 11.5 Å². The maximum absolute atomic E-state index is 13.5. The van der Waals surface area contributed by atoms with E-state index < -0.39 is 6.04 Å². The van der Waals surface area contributed by atoms with Gasteiger partial charge in [0, 0.05) is 25.2 Å². The van der Waals surface area contributed by atoms with E-state index >= 15 is 0 Å². The monoisotopic (exact) mass is 317 g/mol. The van der Waals surface area contributed by atoms with Gasteiger partial charge in [0.1, 0.15) is 0 Å². The molecule has 0 radical (unpaired) electrons. The van der Waals surface area contributed by atoms with Gasteiger partial charge in [-0.1, -0.05) is 15.9 Å². The van der Waals surface area contributed by atoms with Gasteiger partial charge in [0.2, 0.25) is 5.91 Å². The molecule has 0 aromatic heterocycles. The lowest BCUT2D eigenvalue weighted by atomic mass is 10.2. The van der Waals surface area contributed by atoms with Crippen LogP contribution in [-0.4, -0.2) is 23.8 Å². The van der Waals surface area contributed by atoms with E-state index in [2.05, 4.69) is 15.9 Å². The number of fused-ring (bicyclic) bond motifs is 1. The predicted octanol–water partition coefficient (Wildman–Crippen LogP) is 2.85. The lowest BCUT2D eigenvalue weighted by molar-refractivity contribution is -0.173. The van der Waals surface area contributed by atoms with Crippen molar-refractivity contribution in [2.24, 2.45) is 0 Å². The van der Waals surface area contributed by atoms with Crippen LogP contribution in [0, 0.1) is 0 Å². The summed E-state index contributed by atoms with van der Waals surface area (Å²) in [7, 11) is 0. The Morgan fingerprint density at radius 3 is 2.72 bits per heavy atom. The van der Waals surface area contributed by atoms with Crippen LogP contribution in [0.2, 0.25) is 0 Å². The van der Waals surface area contributed by atoms with Crippen molar-refractivity contribution in [3.63, 3.8) is 0 Å². The number of hydrogen-bond donors (Lipinski definition) is 0. The van der Waals surface area contributed by atoms with Crippen molar-refractivity contribution >= 4 is 27.5 Å². The Balaban J connectivity index is 2.30. The third-order valence-electron chi connectivity index (χ3n) is 2.56. The van der Waals surface area contributed by atoms with Gasteiger partial charge in [-0.25, -0.2) is 0 Å². The third-order valence-corrected chi connectivity index (χ3v) is 3.03. The van der Waals surface area contributed by atoms with Crippen LogP contribution in [0.3, 0.4) is 0 Å². The van der Waals surface area contributed by atoms with Crippen LogP contribution >= 0.6 is 15.9 Å². The summed E-state index contributed by atoms with van der Waals surface area (Å²) in [6.45, 7) is 3.58. The van der Waals surface area contributed by atoms with Gasteiger partial charge >= 0.3 is 6.04 Å². The molecule has 1 heterocycles. The first-order valence-electron chi connectivity index (χ1n) is 5.54. The quantitative estimate of drug-likeness (QED) is 0.805. The highest BCUT2D eigenvalue weighted by Gasteiger charge is 2.37. The van der Waals surface area contributed by atoms with Gasteiger partial charge in [-0.3, -0.25) is 4.79 Å². The predicted molar refractivity (Wildman–Crippen MR) is 69.0 cm³/mol. The smallest absolute Gasteiger partial charge is 0.404 e. The molecule has 6 heteroatoms. The molecule has 1 aromatic carbocycles. The molecule has 0 spiro atoms. The molecule has 4 nitrogen and oxygen atoms in total. The average Bonchev–Trinajstić information content (AvgIpc) is 2.62. The van der Waals surface area contributed by atoms with Crippen molar-refractivity contribution in [1.82, 2.24) is 0 Å². The Morgan fingerprint density at radius 2 is 2.11 bits per heavy atom. The molecule has 0 saturated carbocycles. The molecule has 0 saturated heterocycles. The maximum atomic E-state index is 13.5. The molecule has 98 valence electrons. The number of rotatable bonds is 3. The molecule has 2 rings (SSSR count). The summed E-state index contributed by atoms with van der Waals surface area (Å²) >= 11 is 3.13. The van der Waals surface area contributed by atoms with Crippen molar-refractivity contribution in [1.29, 1.82) is 0 Å². The van der Waals surface area contributed by atoms with E-state index in [1.165, 1.54) is 6.92 Å². The molecule has 0 N–H and O–H groups in total. The zero-order valence-electron chi connectivity index (χ0n) is 10.1. The van der Waals surface area contributed by atoms with Crippen LogP contribution in [0.15, 0.2) is 18.2 Å². The van der Waals surface area contributed by atoms with E-state index in [-0.39, 0.29) is 11.2 Å². The zero-order valence-corrected chi connectivity index (χ0v) is 11.7. The van der Waals surface area contributed by atoms with Crippen LogP contribution in [-0.2, 0) is 4.79 Å². The second-order valence-electron chi connectivity index (χ2n) is 3.94. The number of anilines is 1. The van der Waals surface area contributed by atoms with Crippen LogP contribution in [0.5, 0.6) is 11.5 Å². The van der Waals surface area contributed by atoms with E-state index in [1.54, 1.807) is 23.1 Å². The van der Waals surface area contributed by atoms with E-state index in [4.69, 9.17) is 9.47 Å². The number of benzene rings is 1. The van der Waals surface area contributed by atoms with E-state index in [1.807, 2.05) is 6.92 Å². The van der Waals surface area contributed by atoms with Gasteiger partial charge in [0.05, 0.1) is 5.33 Å². The van der Waals surface area contributed by atoms with Crippen LogP contribution in [0.1, 0.15) is 13.8 Å². The maximum Gasteiger partial charge on any atom is 0.404 e. The summed E-state index contributed by atoms with van der Waals surface area (Å²) in [4.78, 5) is 13.3. The highest BCUT2D eigenvalue weighted by Crippen LogP contribution is 2.42. The van der Waals surface area contributed by atoms with Gasteiger partial charge < -0.3 is 14.4 Å². The van der Waals surface area contributed by atoms with Gasteiger partial charge in [-0.2, -0.15) is 4.39 Å². The third kappa shape index (κ3) is 2.43. The van der Waals surface area contributed by atoms with Crippen LogP contribution in [0.4, 0.5) is 10.1 Å². The first kappa shape index (κ1) is 13.1. The number of halogens is 2. The van der Waals surface area contributed by atoms with Crippen LogP contribution < -0.4 is 14.4 Å². The Hall–Kier alpha value is -1.30. The Bertz CT molecular complexity index is 478. The first-order valence-corrected chi connectivity index (χ1v) is 6.66. The molecule has 1 unspecified atom stereocenters. The number of carbonyl (C=O) groups is 1. The SMILES string of the molecule is CCN(C(=O)CBr)c1ccc2c(c1)OC(C)(F)O2. The molecule has 18 heavy (non-hydrogen) atoms. The second-order valence-corrected chi connectivity index (χ2v) is 4.50. The lowest BCUT2D eigenvalue weighted by Crippen LogP contribution is -2.31. The molecule has 0 aliphatic carbocycles. The molecule has 0 bridgehead atoms. The molecule has 1 aliphatic heterocycles. The van der Waals surface area contributed by atoms with Gasteiger partial charge in [0.15, 0.2) is 11.5 Å². The number of ether oxygens (including phenoxy) is 2. The standard InChI is InChI=1S/C12H13BrFNO3/c1-3-15(11(16)7-13)8-4-5-9-10(6-8)18-12(2,14)17-9/h4-6H,3,7H2,1-2H3. The summed E-state index contributed by atoms with van der Waals surface area (Å²) in [5, 5.41) is 0.232. The van der Waals surface area contributed by atoms with Crippen molar-refractivity contribution in [2.75, 3.05) is 16.8 Å². The van der Waals surface area contributed by atoms with Crippen molar-refractivity contribution < 1.29 is 18.7 Å². The summed E-state index contributed by atoms with van der Waals surface area (Å²) < 4.78 is 23.5. The van der Waals surface area contributed by atoms with Crippen molar-refractivity contribution in [2.45, 2.75) is 19.9 Å². The summed E-state index contributed by atoms with van der Waals surface area (Å²) in [6, 6.07) is 2.76. The normalized spacial score (nSPS) is 20.9. The fraction of sp³-hybridized carbons (Fsp3) is 0.417. The molecule has 1 aromatic rings. The Kier molecular flexibility index (Phi) is 3.47. The zero-order chi connectivity index (χ0) is 13.3. The summed E-state index contributed by atoms with van der Waals surface area (Å²) in [6.07, 6.45) is 0. The highest BCUT2D eigenvalue weighted by molar-refractivity contribution is 9.09. The van der Waals surface area contributed by atoms with E-state index in [0.29, 0.717) is 23.7 Å². The lowest BCUT2D eigenvalue weighted by Gasteiger charge is -2.20. The fourth-order valence-corrected chi connectivity index (χ4v) is 2.12. The molecule has 1 amide bonds. The number of amides is 1. The Labute approximate surface area is 113 Å². The van der Waals surface area contributed by atoms with Gasteiger partial charge in [0.25, 0.3) is 0 Å². The first-order chi connectivity index (χ1) is 8.46. The number of nitrogens with zero attached hydrogens (tertiary/aromatic N) is 1. The van der Waals surface area contributed by atoms with Crippen molar-refractivity contribution in [3.05, 3.63) is 18.2 Å². The Morgan fingerprint density at radius 1 is 1.44 bits per heavy atom. The van der Waals surface area contributed by atoms with E-state index in [9.17, 15) is 9.18 Å². The van der Waals surface area contributed by atoms with Gasteiger partial charge in [-0.15, -0.1) is 0 Å². The molecular weight excluding hydrogens is 305 g/mol. The number of carbonyl (C=O) groups excluding carboxylic acids is 1. The van der Waals surface area contributed by atoms with Gasteiger partial charge in [-0.05, 0) is 19.1 Å². The number of alkyl halides is 2. The molecule has 1 atom stereocenters. The van der Waals surface area contributed by atoms with E-state index in [0.717, 1.165) is 0 Å². The summed E-state index contributed by atoms with van der Waals surface area (Å²) in [5.74, 6) is 0.573. The molecular formula is C12H13BrFNO3. The fourth-order valence-electron chi connectivity index (χ4n) is 1.82. The molecule has 1 aliphatic rings. The van der Waals surface area contributed by atoms with Crippen LogP contribution in [0.25, 0.3) is 0 Å². The topological polar surface area (TPSA) is 38.8 Å². The minimum absolute atomic E-state index is 0.0700. The average molecular weight is 318 g/mol. The summed E-state index contributed by atoms with van der Waals surface area (Å²) in [5.41, 5.74) is 0.655. The second kappa shape index (κ2) is 4.76. The minimum atomic E-state index is -2.14. The highest BCUT2D eigenvalue weighted by atomic mass is 79.9.